The Morgan fingerprint density at radius 3 is 1.36 bits per heavy atom. The number of phenolic OH excluding ortho intramolecular Hbond substituents is 2. The van der Waals surface area contributed by atoms with Gasteiger partial charge in [0.2, 0.25) is 0 Å². The SMILES string of the molecule is CN=Cc1ccc(C)cc1O.CN=Cc1ccc(C)cc1O. The molecular weight excluding hydrogens is 276 g/mol. The van der Waals surface area contributed by atoms with E-state index in [0.717, 1.165) is 22.3 Å². The normalized spacial score (nSPS) is 10.7. The predicted octanol–water partition coefficient (Wildman–Crippen LogP) is 3.50. The van der Waals surface area contributed by atoms with Crippen LogP contribution in [0.2, 0.25) is 0 Å². The van der Waals surface area contributed by atoms with Crippen molar-refractivity contribution in [1.82, 2.24) is 0 Å². The van der Waals surface area contributed by atoms with Crippen molar-refractivity contribution < 1.29 is 10.2 Å². The Morgan fingerprint density at radius 1 is 0.727 bits per heavy atom. The average molecular weight is 298 g/mol. The van der Waals surface area contributed by atoms with E-state index in [1.165, 1.54) is 0 Å². The van der Waals surface area contributed by atoms with Gasteiger partial charge in [0.05, 0.1) is 0 Å². The number of aryl methyl sites for hydroxylation is 2. The van der Waals surface area contributed by atoms with Gasteiger partial charge in [-0.2, -0.15) is 0 Å². The number of hydrogen-bond donors (Lipinski definition) is 2. The molecule has 0 spiro atoms. The Morgan fingerprint density at radius 2 is 1.09 bits per heavy atom. The van der Waals surface area contributed by atoms with Gasteiger partial charge in [0.15, 0.2) is 0 Å². The molecule has 2 aromatic rings. The van der Waals surface area contributed by atoms with Crippen molar-refractivity contribution in [3.8, 4) is 11.5 Å². The molecule has 22 heavy (non-hydrogen) atoms. The molecule has 2 aromatic carbocycles. The molecule has 0 amide bonds. The molecule has 0 aliphatic rings. The summed E-state index contributed by atoms with van der Waals surface area (Å²) in [6.45, 7) is 3.87. The number of hydrogen-bond acceptors (Lipinski definition) is 4. The summed E-state index contributed by atoms with van der Waals surface area (Å²) in [5, 5.41) is 18.7. The summed E-state index contributed by atoms with van der Waals surface area (Å²) in [5.41, 5.74) is 3.63. The lowest BCUT2D eigenvalue weighted by molar-refractivity contribution is 0.473. The summed E-state index contributed by atoms with van der Waals surface area (Å²) in [5.74, 6) is 0.575. The van der Waals surface area contributed by atoms with Crippen molar-refractivity contribution in [3.63, 3.8) is 0 Å². The molecule has 2 N–H and O–H groups in total. The van der Waals surface area contributed by atoms with Crippen LogP contribution in [-0.2, 0) is 0 Å². The first-order valence-corrected chi connectivity index (χ1v) is 6.91. The maximum absolute atomic E-state index is 9.33. The highest BCUT2D eigenvalue weighted by Crippen LogP contribution is 2.16. The quantitative estimate of drug-likeness (QED) is 0.833. The molecule has 0 radical (unpaired) electrons. The van der Waals surface area contributed by atoms with Gasteiger partial charge in [-0.05, 0) is 49.2 Å². The van der Waals surface area contributed by atoms with Gasteiger partial charge < -0.3 is 10.2 Å². The smallest absolute Gasteiger partial charge is 0.124 e. The first kappa shape index (κ1) is 17.4. The largest absolute Gasteiger partial charge is 0.507 e. The summed E-state index contributed by atoms with van der Waals surface area (Å²) in [7, 11) is 3.36. The number of phenols is 2. The molecule has 0 fully saturated rings. The van der Waals surface area contributed by atoms with Gasteiger partial charge >= 0.3 is 0 Å². The van der Waals surface area contributed by atoms with Crippen molar-refractivity contribution in [2.75, 3.05) is 14.1 Å². The summed E-state index contributed by atoms with van der Waals surface area (Å²) >= 11 is 0. The van der Waals surface area contributed by atoms with E-state index in [9.17, 15) is 10.2 Å². The van der Waals surface area contributed by atoms with Gasteiger partial charge in [-0.3, -0.25) is 9.98 Å². The molecule has 4 heteroatoms. The van der Waals surface area contributed by atoms with Crippen LogP contribution in [0, 0.1) is 13.8 Å². The minimum absolute atomic E-state index is 0.288. The zero-order valence-electron chi connectivity index (χ0n) is 13.4. The Balaban J connectivity index is 0.000000220. The van der Waals surface area contributed by atoms with Gasteiger partial charge in [-0.1, -0.05) is 12.1 Å². The Labute approximate surface area is 131 Å². The third kappa shape index (κ3) is 5.40. The van der Waals surface area contributed by atoms with Crippen molar-refractivity contribution in [1.29, 1.82) is 0 Å². The van der Waals surface area contributed by atoms with E-state index in [2.05, 4.69) is 9.98 Å². The average Bonchev–Trinajstić information content (AvgIpc) is 2.46. The molecule has 2 rings (SSSR count). The molecule has 0 aliphatic carbocycles. The summed E-state index contributed by atoms with van der Waals surface area (Å²) in [6, 6.07) is 11.0. The second-order valence-electron chi connectivity index (χ2n) is 4.90. The second kappa shape index (κ2) is 8.62. The highest BCUT2D eigenvalue weighted by Gasteiger charge is 1.96. The van der Waals surface area contributed by atoms with E-state index in [-0.39, 0.29) is 11.5 Å². The third-order valence-corrected chi connectivity index (χ3v) is 2.91. The van der Waals surface area contributed by atoms with Gasteiger partial charge in [-0.15, -0.1) is 0 Å². The number of rotatable bonds is 2. The lowest BCUT2D eigenvalue weighted by Crippen LogP contribution is -1.82. The Kier molecular flexibility index (Phi) is 6.83. The van der Waals surface area contributed by atoms with Crippen molar-refractivity contribution in [2.24, 2.45) is 9.98 Å². The fourth-order valence-corrected chi connectivity index (χ4v) is 1.80. The number of aromatic hydroxyl groups is 2. The van der Waals surface area contributed by atoms with Crippen molar-refractivity contribution in [3.05, 3.63) is 58.7 Å². The van der Waals surface area contributed by atoms with Crippen LogP contribution in [0.25, 0.3) is 0 Å². The predicted molar refractivity (Wildman–Crippen MR) is 92.7 cm³/mol. The standard InChI is InChI=1S/2C9H11NO/c2*1-7-3-4-8(6-10-2)9(11)5-7/h2*3-6,11H,1-2H3. The first-order valence-electron chi connectivity index (χ1n) is 6.91. The summed E-state index contributed by atoms with van der Waals surface area (Å²) in [4.78, 5) is 7.62. The summed E-state index contributed by atoms with van der Waals surface area (Å²) < 4.78 is 0. The van der Waals surface area contributed by atoms with Gasteiger partial charge in [0, 0.05) is 37.7 Å². The van der Waals surface area contributed by atoms with Crippen molar-refractivity contribution >= 4 is 12.4 Å². The molecule has 0 aromatic heterocycles. The van der Waals surface area contributed by atoms with Crippen LogP contribution >= 0.6 is 0 Å². The number of aliphatic imine (C=N–C) groups is 2. The fourth-order valence-electron chi connectivity index (χ4n) is 1.80. The van der Waals surface area contributed by atoms with Gasteiger partial charge in [0.1, 0.15) is 11.5 Å². The van der Waals surface area contributed by atoms with Crippen LogP contribution in [0.5, 0.6) is 11.5 Å². The van der Waals surface area contributed by atoms with Gasteiger partial charge in [-0.25, -0.2) is 0 Å². The van der Waals surface area contributed by atoms with Gasteiger partial charge in [0.25, 0.3) is 0 Å². The third-order valence-electron chi connectivity index (χ3n) is 2.91. The zero-order valence-corrected chi connectivity index (χ0v) is 13.4. The van der Waals surface area contributed by atoms with E-state index in [1.807, 2.05) is 38.1 Å². The van der Waals surface area contributed by atoms with E-state index < -0.39 is 0 Å². The van der Waals surface area contributed by atoms with Crippen molar-refractivity contribution in [2.45, 2.75) is 13.8 Å². The summed E-state index contributed by atoms with van der Waals surface area (Å²) in [6.07, 6.45) is 3.27. The molecule has 0 saturated carbocycles. The lowest BCUT2D eigenvalue weighted by Gasteiger charge is -1.98. The van der Waals surface area contributed by atoms with E-state index in [1.54, 1.807) is 38.7 Å². The van der Waals surface area contributed by atoms with E-state index >= 15 is 0 Å². The zero-order chi connectivity index (χ0) is 16.5. The lowest BCUT2D eigenvalue weighted by atomic mass is 10.1. The highest BCUT2D eigenvalue weighted by molar-refractivity contribution is 5.83. The maximum Gasteiger partial charge on any atom is 0.124 e. The molecule has 0 bridgehead atoms. The maximum atomic E-state index is 9.33. The minimum atomic E-state index is 0.288. The molecular formula is C18H22N2O2. The molecule has 0 heterocycles. The molecule has 0 atom stereocenters. The van der Waals surface area contributed by atoms with Crippen LogP contribution in [0.15, 0.2) is 46.4 Å². The molecule has 4 nitrogen and oxygen atoms in total. The van der Waals surface area contributed by atoms with Crippen LogP contribution in [0.1, 0.15) is 22.3 Å². The van der Waals surface area contributed by atoms with E-state index in [0.29, 0.717) is 0 Å². The van der Waals surface area contributed by atoms with Crippen LogP contribution in [-0.4, -0.2) is 36.7 Å². The molecule has 0 unspecified atom stereocenters. The number of benzene rings is 2. The molecule has 0 aliphatic heterocycles. The highest BCUT2D eigenvalue weighted by atomic mass is 16.3. The number of nitrogens with zero attached hydrogens (tertiary/aromatic N) is 2. The van der Waals surface area contributed by atoms with E-state index in [4.69, 9.17) is 0 Å². The monoisotopic (exact) mass is 298 g/mol. The van der Waals surface area contributed by atoms with Crippen LogP contribution < -0.4 is 0 Å². The van der Waals surface area contributed by atoms with Crippen LogP contribution in [0.3, 0.4) is 0 Å². The Hall–Kier alpha value is -2.62. The van der Waals surface area contributed by atoms with Crippen LogP contribution in [0.4, 0.5) is 0 Å². The molecule has 0 saturated heterocycles. The topological polar surface area (TPSA) is 65.2 Å². The second-order valence-corrected chi connectivity index (χ2v) is 4.90. The molecule has 116 valence electrons. The first-order chi connectivity index (χ1) is 10.5. The minimum Gasteiger partial charge on any atom is -0.507 e. The fraction of sp³-hybridized carbons (Fsp3) is 0.222. The Bertz CT molecular complexity index is 617.